The van der Waals surface area contributed by atoms with Crippen LogP contribution in [0.5, 0.6) is 0 Å². The topological polar surface area (TPSA) is 69.7 Å². The molecule has 0 aromatic heterocycles. The molecule has 0 aliphatic rings. The van der Waals surface area contributed by atoms with Crippen molar-refractivity contribution >= 4 is 19.8 Å². The summed E-state index contributed by atoms with van der Waals surface area (Å²) in [7, 11) is -2.49. The van der Waals surface area contributed by atoms with E-state index in [0.717, 1.165) is 12.8 Å². The summed E-state index contributed by atoms with van der Waals surface area (Å²) >= 11 is 0. The van der Waals surface area contributed by atoms with Crippen LogP contribution < -0.4 is 0 Å². The van der Waals surface area contributed by atoms with E-state index in [9.17, 15) is 14.2 Å². The number of benzene rings is 2. The maximum Gasteiger partial charge on any atom is 0.698 e. The molecule has 6 heteroatoms. The second-order valence-corrected chi connectivity index (χ2v) is 8.52. The Bertz CT molecular complexity index is 739. The second-order valence-electron chi connectivity index (χ2n) is 7.55. The zero-order valence-electron chi connectivity index (χ0n) is 17.7. The zero-order valence-corrected chi connectivity index (χ0v) is 18.6. The molecule has 0 aliphatic heterocycles. The molecule has 0 spiro atoms. The summed E-state index contributed by atoms with van der Waals surface area (Å²) in [6.45, 7) is 3.12. The Hall–Kier alpha value is -2.20. The number of carbonyl (C=O) groups is 2. The lowest BCUT2D eigenvalue weighted by Crippen LogP contribution is -2.18. The monoisotopic (exact) mass is 429 g/mol. The highest BCUT2D eigenvalue weighted by Gasteiger charge is 2.27. The maximum atomic E-state index is 12.2. The molecule has 5 nitrogen and oxygen atoms in total. The number of carbonyl (C=O) groups excluding carboxylic acids is 2. The number of Topliss-reactive ketones (excluding diaryl/α,β-unsaturated/α-hetero) is 2. The molecule has 0 bridgehead atoms. The highest BCUT2D eigenvalue weighted by atomic mass is 31.1. The van der Waals surface area contributed by atoms with Gasteiger partial charge in [-0.3, -0.25) is 9.59 Å². The van der Waals surface area contributed by atoms with Crippen molar-refractivity contribution in [2.75, 3.05) is 13.2 Å². The highest BCUT2D eigenvalue weighted by Crippen LogP contribution is 2.25. The van der Waals surface area contributed by atoms with Gasteiger partial charge in [-0.15, -0.1) is 9.05 Å². The molecule has 2 rings (SSSR count). The van der Waals surface area contributed by atoms with Crippen molar-refractivity contribution in [2.24, 2.45) is 11.8 Å². The van der Waals surface area contributed by atoms with E-state index >= 15 is 0 Å². The molecule has 160 valence electrons. The van der Waals surface area contributed by atoms with Gasteiger partial charge in [-0.1, -0.05) is 74.5 Å². The van der Waals surface area contributed by atoms with Crippen molar-refractivity contribution in [3.8, 4) is 0 Å². The maximum absolute atomic E-state index is 12.2. The van der Waals surface area contributed by atoms with E-state index in [0.29, 0.717) is 12.8 Å². The van der Waals surface area contributed by atoms with E-state index in [4.69, 9.17) is 9.05 Å². The summed E-state index contributed by atoms with van der Waals surface area (Å²) in [6, 6.07) is 19.9. The first kappa shape index (κ1) is 24.1. The molecule has 2 aromatic rings. The van der Waals surface area contributed by atoms with Crippen LogP contribution in [0.15, 0.2) is 60.7 Å². The molecule has 0 saturated carbocycles. The molecule has 0 fully saturated rings. The molecule has 30 heavy (non-hydrogen) atoms. The highest BCUT2D eigenvalue weighted by molar-refractivity contribution is 7.33. The largest absolute Gasteiger partial charge is 0.698 e. The summed E-state index contributed by atoms with van der Waals surface area (Å²) in [5.74, 6) is -0.651. The van der Waals surface area contributed by atoms with E-state index in [1.165, 1.54) is 11.1 Å². The molecule has 2 aromatic carbocycles. The smallest absolute Gasteiger partial charge is 0.297 e. The lowest BCUT2D eigenvalue weighted by atomic mass is 9.98. The Morgan fingerprint density at radius 2 is 1.10 bits per heavy atom. The Kier molecular flexibility index (Phi) is 10.6. The summed E-state index contributed by atoms with van der Waals surface area (Å²) in [5, 5.41) is 0. The number of aryl methyl sites for hydroxylation is 2. The number of rotatable bonds is 14. The van der Waals surface area contributed by atoms with Gasteiger partial charge in [0.05, 0.1) is 0 Å². The van der Waals surface area contributed by atoms with Gasteiger partial charge in [0, 0.05) is 16.4 Å². The predicted octanol–water partition coefficient (Wildman–Crippen LogP) is 5.35. The van der Waals surface area contributed by atoms with Crippen molar-refractivity contribution in [1.29, 1.82) is 0 Å². The summed E-state index contributed by atoms with van der Waals surface area (Å²) in [5.41, 5.74) is 2.35. The van der Waals surface area contributed by atoms with Crippen LogP contribution in [0, 0.1) is 11.8 Å². The van der Waals surface area contributed by atoms with Crippen LogP contribution in [-0.2, 0) is 36.0 Å². The van der Waals surface area contributed by atoms with Crippen molar-refractivity contribution in [3.63, 3.8) is 0 Å². The van der Waals surface area contributed by atoms with Crippen LogP contribution in [0.2, 0.25) is 0 Å². The molecule has 0 heterocycles. The third-order valence-electron chi connectivity index (χ3n) is 5.14. The minimum atomic E-state index is -2.49. The fourth-order valence-corrected chi connectivity index (χ4v) is 3.47. The molecular formula is C24H30O5P+. The van der Waals surface area contributed by atoms with Crippen LogP contribution in [0.1, 0.15) is 37.8 Å². The summed E-state index contributed by atoms with van der Waals surface area (Å²) < 4.78 is 21.9. The number of ketones is 2. The van der Waals surface area contributed by atoms with E-state index in [1.807, 2.05) is 74.5 Å². The van der Waals surface area contributed by atoms with Gasteiger partial charge in [-0.2, -0.15) is 0 Å². The molecular weight excluding hydrogens is 399 g/mol. The third-order valence-corrected chi connectivity index (χ3v) is 5.82. The van der Waals surface area contributed by atoms with Gasteiger partial charge in [0.15, 0.2) is 24.8 Å². The minimum Gasteiger partial charge on any atom is -0.297 e. The average molecular weight is 429 g/mol. The molecule has 0 radical (unpaired) electrons. The van der Waals surface area contributed by atoms with Gasteiger partial charge in [0.2, 0.25) is 0 Å². The zero-order chi connectivity index (χ0) is 21.8. The van der Waals surface area contributed by atoms with Crippen LogP contribution >= 0.6 is 8.25 Å². The van der Waals surface area contributed by atoms with Gasteiger partial charge >= 0.3 is 8.25 Å². The molecule has 0 amide bonds. The van der Waals surface area contributed by atoms with Crippen molar-refractivity contribution in [1.82, 2.24) is 0 Å². The first-order valence-corrected chi connectivity index (χ1v) is 11.4. The Morgan fingerprint density at radius 3 is 1.47 bits per heavy atom. The number of hydrogen-bond donors (Lipinski definition) is 0. The van der Waals surface area contributed by atoms with Gasteiger partial charge in [-0.25, -0.2) is 0 Å². The summed E-state index contributed by atoms with van der Waals surface area (Å²) in [6.07, 6.45) is 2.99. The quantitative estimate of drug-likeness (QED) is 0.379. The van der Waals surface area contributed by atoms with Gasteiger partial charge in [0.25, 0.3) is 0 Å². The predicted molar refractivity (Wildman–Crippen MR) is 117 cm³/mol. The van der Waals surface area contributed by atoms with Crippen LogP contribution in [-0.4, -0.2) is 24.8 Å². The lowest BCUT2D eigenvalue weighted by molar-refractivity contribution is -0.125. The second kappa shape index (κ2) is 13.2. The van der Waals surface area contributed by atoms with Gasteiger partial charge < -0.3 is 0 Å². The molecule has 0 saturated heterocycles. The van der Waals surface area contributed by atoms with Gasteiger partial charge in [0.1, 0.15) is 0 Å². The SMILES string of the molecule is C[C@@H](CCc1ccccc1)C(=O)CO[P+](=O)OCC(=O)[C@@H](C)CCc1ccccc1. The molecule has 0 aliphatic carbocycles. The van der Waals surface area contributed by atoms with Crippen LogP contribution in [0.4, 0.5) is 0 Å². The Labute approximate surface area is 179 Å². The Morgan fingerprint density at radius 1 is 0.733 bits per heavy atom. The fourth-order valence-electron chi connectivity index (χ4n) is 2.93. The number of hydrogen-bond acceptors (Lipinski definition) is 5. The molecule has 0 unspecified atom stereocenters. The van der Waals surface area contributed by atoms with Crippen LogP contribution in [0.25, 0.3) is 0 Å². The Balaban J connectivity index is 1.61. The third kappa shape index (κ3) is 9.08. The summed E-state index contributed by atoms with van der Waals surface area (Å²) in [4.78, 5) is 24.3. The van der Waals surface area contributed by atoms with Crippen molar-refractivity contribution in [2.45, 2.75) is 39.5 Å². The van der Waals surface area contributed by atoms with Crippen molar-refractivity contribution in [3.05, 3.63) is 71.8 Å². The van der Waals surface area contributed by atoms with E-state index < -0.39 is 8.25 Å². The molecule has 2 atom stereocenters. The fraction of sp³-hybridized carbons (Fsp3) is 0.417. The van der Waals surface area contributed by atoms with E-state index in [1.54, 1.807) is 0 Å². The van der Waals surface area contributed by atoms with Crippen LogP contribution in [0.3, 0.4) is 0 Å². The normalized spacial score (nSPS) is 12.9. The first-order chi connectivity index (χ1) is 14.5. The minimum absolute atomic E-state index is 0.125. The average Bonchev–Trinajstić information content (AvgIpc) is 2.79. The molecule has 0 N–H and O–H groups in total. The lowest BCUT2D eigenvalue weighted by Gasteiger charge is -2.09. The standard InChI is InChI=1S/C24H30O5P/c1-19(13-15-21-9-5-3-6-10-21)23(25)17-28-30(27)29-18-24(26)20(2)14-16-22-11-7-4-8-12-22/h3-12,19-20H,13-18H2,1-2H3/q+1/t19-,20-/m0/s1. The van der Waals surface area contributed by atoms with Gasteiger partial charge in [-0.05, 0) is 36.8 Å². The first-order valence-electron chi connectivity index (χ1n) is 10.3. The van der Waals surface area contributed by atoms with E-state index in [-0.39, 0.29) is 36.6 Å². The van der Waals surface area contributed by atoms with E-state index in [2.05, 4.69) is 0 Å². The van der Waals surface area contributed by atoms with Crippen molar-refractivity contribution < 1.29 is 23.2 Å².